The first-order valence-corrected chi connectivity index (χ1v) is 9.73. The zero-order valence-electron chi connectivity index (χ0n) is 15.1. The number of ether oxygens (including phenoxy) is 1. The largest absolute Gasteiger partial charge is 0.450 e. The van der Waals surface area contributed by atoms with Crippen molar-refractivity contribution in [3.8, 4) is 11.4 Å². The lowest BCUT2D eigenvalue weighted by molar-refractivity contribution is -0.129. The number of carbonyl (C=O) groups excluding carboxylic acids is 2. The number of piperazine rings is 1. The highest BCUT2D eigenvalue weighted by Gasteiger charge is 2.24. The van der Waals surface area contributed by atoms with Gasteiger partial charge in [-0.1, -0.05) is 17.8 Å². The fourth-order valence-corrected chi connectivity index (χ4v) is 3.34. The summed E-state index contributed by atoms with van der Waals surface area (Å²) in [4.78, 5) is 31.7. The van der Waals surface area contributed by atoms with Crippen LogP contribution in [-0.4, -0.2) is 75.5 Å². The van der Waals surface area contributed by atoms with Gasteiger partial charge < -0.3 is 14.5 Å². The quantitative estimate of drug-likeness (QED) is 0.724. The van der Waals surface area contributed by atoms with Crippen molar-refractivity contribution in [1.82, 2.24) is 25.0 Å². The molecule has 1 saturated heterocycles. The van der Waals surface area contributed by atoms with Gasteiger partial charge in [-0.2, -0.15) is 0 Å². The van der Waals surface area contributed by atoms with Crippen LogP contribution in [0.2, 0.25) is 0 Å². The van der Waals surface area contributed by atoms with Gasteiger partial charge in [-0.05, 0) is 31.2 Å². The van der Waals surface area contributed by atoms with Crippen LogP contribution in [-0.2, 0) is 9.53 Å². The molecule has 8 nitrogen and oxygen atoms in total. The predicted octanol–water partition coefficient (Wildman–Crippen LogP) is 1.93. The van der Waals surface area contributed by atoms with Crippen LogP contribution in [0.1, 0.15) is 6.92 Å². The third-order valence-corrected chi connectivity index (χ3v) is 4.97. The van der Waals surface area contributed by atoms with Gasteiger partial charge in [0.05, 0.1) is 18.1 Å². The van der Waals surface area contributed by atoms with Crippen molar-refractivity contribution in [3.05, 3.63) is 36.5 Å². The van der Waals surface area contributed by atoms with E-state index in [1.54, 1.807) is 22.9 Å². The molecule has 0 spiro atoms. The molecule has 2 amide bonds. The normalized spacial score (nSPS) is 14.1. The molecule has 0 bridgehead atoms. The molecule has 142 valence electrons. The van der Waals surface area contributed by atoms with Crippen molar-refractivity contribution in [1.29, 1.82) is 0 Å². The Labute approximate surface area is 161 Å². The number of rotatable bonds is 5. The van der Waals surface area contributed by atoms with E-state index in [2.05, 4.69) is 15.2 Å². The second kappa shape index (κ2) is 9.31. The Balaban J connectivity index is 1.46. The van der Waals surface area contributed by atoms with Crippen LogP contribution in [0.3, 0.4) is 0 Å². The molecule has 0 unspecified atom stereocenters. The molecule has 1 fully saturated rings. The highest BCUT2D eigenvalue weighted by Crippen LogP contribution is 2.19. The topological polar surface area (TPSA) is 88.5 Å². The van der Waals surface area contributed by atoms with E-state index in [4.69, 9.17) is 4.74 Å². The first kappa shape index (κ1) is 19.1. The van der Waals surface area contributed by atoms with Crippen molar-refractivity contribution in [2.24, 2.45) is 0 Å². The Kier molecular flexibility index (Phi) is 6.59. The number of aromatic nitrogens is 3. The molecular formula is C18H21N5O3S. The Morgan fingerprint density at radius 1 is 1.04 bits per heavy atom. The molecule has 0 atom stereocenters. The molecule has 0 N–H and O–H groups in total. The molecule has 0 aliphatic carbocycles. The number of hydrogen-bond donors (Lipinski definition) is 0. The molecule has 3 rings (SSSR count). The molecule has 0 aromatic carbocycles. The predicted molar refractivity (Wildman–Crippen MR) is 101 cm³/mol. The summed E-state index contributed by atoms with van der Waals surface area (Å²) in [7, 11) is 0. The van der Waals surface area contributed by atoms with Crippen LogP contribution >= 0.6 is 11.8 Å². The van der Waals surface area contributed by atoms with Crippen LogP contribution in [0, 0.1) is 0 Å². The first-order chi connectivity index (χ1) is 13.2. The Bertz CT molecular complexity index is 764. The number of pyridine rings is 1. The van der Waals surface area contributed by atoms with Crippen LogP contribution in [0.25, 0.3) is 11.4 Å². The molecule has 2 aromatic rings. The van der Waals surface area contributed by atoms with E-state index in [1.807, 2.05) is 30.3 Å². The van der Waals surface area contributed by atoms with Crippen LogP contribution in [0.15, 0.2) is 41.6 Å². The highest BCUT2D eigenvalue weighted by molar-refractivity contribution is 7.99. The summed E-state index contributed by atoms with van der Waals surface area (Å²) in [6.07, 6.45) is 1.39. The lowest BCUT2D eigenvalue weighted by atomic mass is 10.2. The van der Waals surface area contributed by atoms with E-state index < -0.39 is 0 Å². The molecular weight excluding hydrogens is 366 g/mol. The molecule has 2 aromatic heterocycles. The van der Waals surface area contributed by atoms with Gasteiger partial charge in [0.15, 0.2) is 0 Å². The van der Waals surface area contributed by atoms with Gasteiger partial charge in [0.1, 0.15) is 10.7 Å². The average molecular weight is 387 g/mol. The summed E-state index contributed by atoms with van der Waals surface area (Å²) in [5, 5.41) is 9.02. The molecule has 0 saturated carbocycles. The number of nitrogens with zero attached hydrogens (tertiary/aromatic N) is 5. The van der Waals surface area contributed by atoms with Crippen LogP contribution in [0.5, 0.6) is 0 Å². The SMILES string of the molecule is CCOC(=O)N1CCN(C(=O)CSc2ccc(-c3ccccn3)nn2)CC1. The van der Waals surface area contributed by atoms with E-state index in [1.165, 1.54) is 11.8 Å². The second-order valence-electron chi connectivity index (χ2n) is 5.83. The lowest BCUT2D eigenvalue weighted by Crippen LogP contribution is -2.51. The first-order valence-electron chi connectivity index (χ1n) is 8.75. The molecule has 0 radical (unpaired) electrons. The van der Waals surface area contributed by atoms with Crippen molar-refractivity contribution < 1.29 is 14.3 Å². The second-order valence-corrected chi connectivity index (χ2v) is 6.82. The van der Waals surface area contributed by atoms with Gasteiger partial charge in [-0.15, -0.1) is 10.2 Å². The van der Waals surface area contributed by atoms with Gasteiger partial charge in [-0.25, -0.2) is 4.79 Å². The fraction of sp³-hybridized carbons (Fsp3) is 0.389. The maximum atomic E-state index is 12.4. The van der Waals surface area contributed by atoms with Crippen LogP contribution < -0.4 is 0 Å². The number of hydrogen-bond acceptors (Lipinski definition) is 7. The number of amides is 2. The highest BCUT2D eigenvalue weighted by atomic mass is 32.2. The molecule has 3 heterocycles. The summed E-state index contributed by atoms with van der Waals surface area (Å²) in [6, 6.07) is 9.30. The zero-order valence-corrected chi connectivity index (χ0v) is 15.9. The van der Waals surface area contributed by atoms with Crippen LogP contribution in [0.4, 0.5) is 4.79 Å². The van der Waals surface area contributed by atoms with Gasteiger partial charge in [0.25, 0.3) is 0 Å². The summed E-state index contributed by atoms with van der Waals surface area (Å²) in [6.45, 7) is 4.15. The molecule has 9 heteroatoms. The van der Waals surface area contributed by atoms with E-state index in [-0.39, 0.29) is 17.8 Å². The maximum absolute atomic E-state index is 12.4. The monoisotopic (exact) mass is 387 g/mol. The standard InChI is InChI=1S/C18H21N5O3S/c1-2-26-18(25)23-11-9-22(10-12-23)17(24)13-27-16-7-6-15(20-21-16)14-5-3-4-8-19-14/h3-8H,2,9-13H2,1H3. The van der Waals surface area contributed by atoms with Crippen molar-refractivity contribution in [2.45, 2.75) is 11.9 Å². The average Bonchev–Trinajstić information content (AvgIpc) is 2.73. The summed E-state index contributed by atoms with van der Waals surface area (Å²) in [5.74, 6) is 0.316. The van der Waals surface area contributed by atoms with Crippen molar-refractivity contribution in [3.63, 3.8) is 0 Å². The third kappa shape index (κ3) is 5.16. The van der Waals surface area contributed by atoms with Gasteiger partial charge in [0, 0.05) is 32.4 Å². The zero-order chi connectivity index (χ0) is 19.1. The minimum Gasteiger partial charge on any atom is -0.450 e. The molecule has 27 heavy (non-hydrogen) atoms. The summed E-state index contributed by atoms with van der Waals surface area (Å²) in [5.41, 5.74) is 1.46. The molecule has 1 aliphatic rings. The Morgan fingerprint density at radius 2 is 1.81 bits per heavy atom. The molecule has 1 aliphatic heterocycles. The van der Waals surface area contributed by atoms with Crippen molar-refractivity contribution >= 4 is 23.8 Å². The summed E-state index contributed by atoms with van der Waals surface area (Å²) < 4.78 is 4.98. The summed E-state index contributed by atoms with van der Waals surface area (Å²) >= 11 is 1.35. The number of carbonyl (C=O) groups is 2. The fourth-order valence-electron chi connectivity index (χ4n) is 2.63. The van der Waals surface area contributed by atoms with E-state index >= 15 is 0 Å². The Morgan fingerprint density at radius 3 is 2.44 bits per heavy atom. The number of thioether (sulfide) groups is 1. The van der Waals surface area contributed by atoms with Crippen molar-refractivity contribution in [2.75, 3.05) is 38.5 Å². The smallest absolute Gasteiger partial charge is 0.409 e. The maximum Gasteiger partial charge on any atom is 0.409 e. The minimum absolute atomic E-state index is 0.0270. The van der Waals surface area contributed by atoms with Gasteiger partial charge >= 0.3 is 6.09 Å². The minimum atomic E-state index is -0.317. The van der Waals surface area contributed by atoms with E-state index in [0.717, 1.165) is 5.69 Å². The lowest BCUT2D eigenvalue weighted by Gasteiger charge is -2.34. The Hall–Kier alpha value is -2.68. The van der Waals surface area contributed by atoms with Gasteiger partial charge in [0.2, 0.25) is 5.91 Å². The van der Waals surface area contributed by atoms with Gasteiger partial charge in [-0.3, -0.25) is 9.78 Å². The van der Waals surface area contributed by atoms with E-state index in [9.17, 15) is 9.59 Å². The third-order valence-electron chi connectivity index (χ3n) is 4.07. The van der Waals surface area contributed by atoms with E-state index in [0.29, 0.717) is 43.5 Å².